The number of nitrogens with two attached hydrogens (primary N) is 1. The molecular weight excluding hydrogens is 270 g/mol. The molecule has 0 bridgehead atoms. The summed E-state index contributed by atoms with van der Waals surface area (Å²) >= 11 is 0. The molecule has 1 aliphatic rings. The maximum atomic E-state index is 11.5. The number of sulfonamides is 1. The van der Waals surface area contributed by atoms with Crippen molar-refractivity contribution in [1.82, 2.24) is 19.7 Å². The van der Waals surface area contributed by atoms with E-state index in [4.69, 9.17) is 5.14 Å². The largest absolute Gasteiger partial charge is 0.329 e. The number of aromatic amines is 1. The van der Waals surface area contributed by atoms with Crippen molar-refractivity contribution in [3.63, 3.8) is 0 Å². The molecular formula is C10H11N5O3S. The molecule has 0 spiro atoms. The van der Waals surface area contributed by atoms with Crippen LogP contribution in [0.2, 0.25) is 0 Å². The third kappa shape index (κ3) is 2.17. The zero-order valence-corrected chi connectivity index (χ0v) is 10.6. The molecule has 2 aromatic rings. The number of primary sulfonamides is 1. The number of pyridine rings is 1. The van der Waals surface area contributed by atoms with Crippen LogP contribution in [0.3, 0.4) is 0 Å². The van der Waals surface area contributed by atoms with E-state index in [2.05, 4.69) is 15.2 Å². The monoisotopic (exact) mass is 281 g/mol. The maximum Gasteiger partial charge on any atom is 0.273 e. The third-order valence-electron chi connectivity index (χ3n) is 2.86. The van der Waals surface area contributed by atoms with Gasteiger partial charge in [-0.15, -0.1) is 10.2 Å². The number of hydrogen-bond acceptors (Lipinski definition) is 5. The van der Waals surface area contributed by atoms with Gasteiger partial charge >= 0.3 is 0 Å². The fourth-order valence-corrected chi connectivity index (χ4v) is 2.58. The third-order valence-corrected chi connectivity index (χ3v) is 3.65. The number of nitrogens with one attached hydrogen (secondary N) is 1. The highest BCUT2D eigenvalue weighted by Gasteiger charge is 2.33. The highest BCUT2D eigenvalue weighted by atomic mass is 32.2. The Labute approximate surface area is 108 Å². The molecule has 1 fully saturated rings. The minimum Gasteiger partial charge on any atom is -0.329 e. The molecule has 2 heterocycles. The molecule has 0 radical (unpaired) electrons. The first kappa shape index (κ1) is 12.1. The molecule has 1 saturated carbocycles. The summed E-state index contributed by atoms with van der Waals surface area (Å²) < 4.78 is 24.5. The van der Waals surface area contributed by atoms with Crippen molar-refractivity contribution < 1.29 is 8.42 Å². The van der Waals surface area contributed by atoms with Crippen LogP contribution in [0.5, 0.6) is 0 Å². The average molecular weight is 281 g/mol. The van der Waals surface area contributed by atoms with Crippen LogP contribution in [0.15, 0.2) is 28.3 Å². The lowest BCUT2D eigenvalue weighted by Gasteiger charge is -2.07. The standard InChI is InChI=1S/C10H11N5O3S/c11-19(17,18)10-14-13-9(15(10)7-1-2-7)6-3-4-12-8(16)5-6/h3-5,7H,1-2H2,(H,12,16)(H2,11,17,18). The van der Waals surface area contributed by atoms with Crippen LogP contribution >= 0.6 is 0 Å². The Kier molecular flexibility index (Phi) is 2.54. The summed E-state index contributed by atoms with van der Waals surface area (Å²) in [5.41, 5.74) is 0.220. The van der Waals surface area contributed by atoms with E-state index in [9.17, 15) is 13.2 Å². The average Bonchev–Trinajstić information content (AvgIpc) is 3.06. The van der Waals surface area contributed by atoms with Gasteiger partial charge in [-0.1, -0.05) is 0 Å². The van der Waals surface area contributed by atoms with Gasteiger partial charge in [0.2, 0.25) is 5.56 Å². The van der Waals surface area contributed by atoms with Crippen molar-refractivity contribution in [1.29, 1.82) is 0 Å². The summed E-state index contributed by atoms with van der Waals surface area (Å²) in [5, 5.41) is 12.4. The van der Waals surface area contributed by atoms with Crippen LogP contribution in [0.1, 0.15) is 18.9 Å². The molecule has 0 amide bonds. The van der Waals surface area contributed by atoms with Gasteiger partial charge in [0.25, 0.3) is 15.2 Å². The molecule has 2 aromatic heterocycles. The van der Waals surface area contributed by atoms with E-state index in [1.165, 1.54) is 16.8 Å². The highest BCUT2D eigenvalue weighted by Crippen LogP contribution is 2.39. The molecule has 0 aliphatic heterocycles. The molecule has 19 heavy (non-hydrogen) atoms. The van der Waals surface area contributed by atoms with E-state index in [1.54, 1.807) is 6.07 Å². The SMILES string of the molecule is NS(=O)(=O)c1nnc(-c2cc[nH]c(=O)c2)n1C1CC1. The van der Waals surface area contributed by atoms with Gasteiger partial charge in [-0.25, -0.2) is 13.6 Å². The normalized spacial score (nSPS) is 15.6. The molecule has 0 aromatic carbocycles. The second kappa shape index (κ2) is 4.00. The van der Waals surface area contributed by atoms with Gasteiger partial charge in [0.05, 0.1) is 0 Å². The number of aromatic nitrogens is 4. The predicted octanol–water partition coefficient (Wildman–Crippen LogP) is -0.384. The summed E-state index contributed by atoms with van der Waals surface area (Å²) in [6, 6.07) is 3.00. The summed E-state index contributed by atoms with van der Waals surface area (Å²) in [6.07, 6.45) is 3.16. The van der Waals surface area contributed by atoms with Crippen LogP contribution in [0, 0.1) is 0 Å². The Balaban J connectivity index is 2.23. The number of H-pyrrole nitrogens is 1. The molecule has 0 unspecified atom stereocenters. The first-order chi connectivity index (χ1) is 8.97. The van der Waals surface area contributed by atoms with Gasteiger partial charge in [-0.3, -0.25) is 9.36 Å². The van der Waals surface area contributed by atoms with Gasteiger partial charge in [0.1, 0.15) is 0 Å². The second-order valence-corrected chi connectivity index (χ2v) is 5.85. The lowest BCUT2D eigenvalue weighted by molar-refractivity contribution is 0.567. The van der Waals surface area contributed by atoms with Crippen molar-refractivity contribution >= 4 is 10.0 Å². The van der Waals surface area contributed by atoms with E-state index in [1.807, 2.05) is 0 Å². The van der Waals surface area contributed by atoms with Gasteiger partial charge in [0, 0.05) is 23.9 Å². The summed E-state index contributed by atoms with van der Waals surface area (Å²) in [7, 11) is -3.93. The van der Waals surface area contributed by atoms with E-state index in [0.29, 0.717) is 11.4 Å². The second-order valence-electron chi connectivity index (χ2n) is 4.39. The Hall–Kier alpha value is -2.00. The molecule has 3 N–H and O–H groups in total. The predicted molar refractivity (Wildman–Crippen MR) is 65.7 cm³/mol. The summed E-state index contributed by atoms with van der Waals surface area (Å²) in [5.74, 6) is 0.345. The van der Waals surface area contributed by atoms with E-state index in [-0.39, 0.29) is 16.8 Å². The van der Waals surface area contributed by atoms with Crippen LogP contribution in [0.25, 0.3) is 11.4 Å². The van der Waals surface area contributed by atoms with Gasteiger partial charge in [-0.2, -0.15) is 0 Å². The summed E-state index contributed by atoms with van der Waals surface area (Å²) in [6.45, 7) is 0. The first-order valence-corrected chi connectivity index (χ1v) is 7.18. The Bertz CT molecular complexity index is 787. The van der Waals surface area contributed by atoms with Gasteiger partial charge in [0.15, 0.2) is 5.82 Å². The molecule has 3 rings (SSSR count). The maximum absolute atomic E-state index is 11.5. The first-order valence-electron chi connectivity index (χ1n) is 5.63. The summed E-state index contributed by atoms with van der Waals surface area (Å²) in [4.78, 5) is 13.8. The fraction of sp³-hybridized carbons (Fsp3) is 0.300. The van der Waals surface area contributed by atoms with E-state index >= 15 is 0 Å². The molecule has 100 valence electrons. The number of hydrogen-bond donors (Lipinski definition) is 2. The minimum absolute atomic E-state index is 0.0256. The van der Waals surface area contributed by atoms with Crippen molar-refractivity contribution in [3.8, 4) is 11.4 Å². The molecule has 0 atom stereocenters. The molecule has 1 aliphatic carbocycles. The van der Waals surface area contributed by atoms with Crippen LogP contribution in [-0.4, -0.2) is 28.2 Å². The molecule has 0 saturated heterocycles. The Morgan fingerprint density at radius 2 is 2.11 bits per heavy atom. The molecule has 9 heteroatoms. The smallest absolute Gasteiger partial charge is 0.273 e. The zero-order valence-electron chi connectivity index (χ0n) is 9.78. The van der Waals surface area contributed by atoms with Crippen LogP contribution in [0.4, 0.5) is 0 Å². The lowest BCUT2D eigenvalue weighted by Crippen LogP contribution is -2.18. The van der Waals surface area contributed by atoms with Gasteiger partial charge in [-0.05, 0) is 18.9 Å². The molecule has 8 nitrogen and oxygen atoms in total. The fourth-order valence-electron chi connectivity index (χ4n) is 1.91. The highest BCUT2D eigenvalue weighted by molar-refractivity contribution is 7.89. The van der Waals surface area contributed by atoms with Gasteiger partial charge < -0.3 is 4.98 Å². The zero-order chi connectivity index (χ0) is 13.6. The Morgan fingerprint density at radius 3 is 2.68 bits per heavy atom. The van der Waals surface area contributed by atoms with Crippen molar-refractivity contribution in [2.75, 3.05) is 0 Å². The van der Waals surface area contributed by atoms with Crippen LogP contribution in [-0.2, 0) is 10.0 Å². The lowest BCUT2D eigenvalue weighted by atomic mass is 10.2. The quantitative estimate of drug-likeness (QED) is 0.793. The van der Waals surface area contributed by atoms with Crippen molar-refractivity contribution in [2.24, 2.45) is 5.14 Å². The topological polar surface area (TPSA) is 124 Å². The van der Waals surface area contributed by atoms with Crippen molar-refractivity contribution in [3.05, 3.63) is 28.7 Å². The van der Waals surface area contributed by atoms with Crippen molar-refractivity contribution in [2.45, 2.75) is 24.0 Å². The van der Waals surface area contributed by atoms with Crippen LogP contribution < -0.4 is 10.7 Å². The van der Waals surface area contributed by atoms with E-state index < -0.39 is 10.0 Å². The minimum atomic E-state index is -3.93. The Morgan fingerprint density at radius 1 is 1.37 bits per heavy atom. The van der Waals surface area contributed by atoms with E-state index in [0.717, 1.165) is 12.8 Å². The number of nitrogens with zero attached hydrogens (tertiary/aromatic N) is 3. The number of rotatable bonds is 3.